The van der Waals surface area contributed by atoms with Gasteiger partial charge >= 0.3 is 0 Å². The Labute approximate surface area is 126 Å². The van der Waals surface area contributed by atoms with Crippen molar-refractivity contribution in [2.45, 2.75) is 18.6 Å². The summed E-state index contributed by atoms with van der Waals surface area (Å²) < 4.78 is 5.70. The lowest BCUT2D eigenvalue weighted by Gasteiger charge is -2.19. The van der Waals surface area contributed by atoms with E-state index in [-0.39, 0.29) is 28.8 Å². The fraction of sp³-hybridized carbons (Fsp3) is 0.286. The first-order chi connectivity index (χ1) is 10.3. The minimum Gasteiger partial charge on any atom is -0.371 e. The van der Waals surface area contributed by atoms with Crippen molar-refractivity contribution in [2.24, 2.45) is 0 Å². The molecule has 0 aromatic carbocycles. The number of ether oxygens (including phenoxy) is 1. The van der Waals surface area contributed by atoms with Crippen molar-refractivity contribution in [1.29, 1.82) is 0 Å². The van der Waals surface area contributed by atoms with Gasteiger partial charge in [0.25, 0.3) is 5.91 Å². The molecule has 0 unspecified atom stereocenters. The van der Waals surface area contributed by atoms with E-state index in [1.165, 1.54) is 12.5 Å². The van der Waals surface area contributed by atoms with Crippen LogP contribution in [0.2, 0.25) is 5.02 Å². The Bertz CT molecular complexity index is 638. The largest absolute Gasteiger partial charge is 0.371 e. The van der Waals surface area contributed by atoms with Crippen molar-refractivity contribution in [3.8, 4) is 0 Å². The van der Waals surface area contributed by atoms with Gasteiger partial charge in [0.2, 0.25) is 0 Å². The summed E-state index contributed by atoms with van der Waals surface area (Å²) in [5, 5.41) is 3.15. The van der Waals surface area contributed by atoms with E-state index in [2.05, 4.69) is 20.3 Å². The number of pyridine rings is 1. The fourth-order valence-corrected chi connectivity index (χ4v) is 2.52. The van der Waals surface area contributed by atoms with E-state index >= 15 is 0 Å². The first-order valence-electron chi connectivity index (χ1n) is 6.53. The molecule has 6 nitrogen and oxygen atoms in total. The van der Waals surface area contributed by atoms with Crippen molar-refractivity contribution in [3.05, 3.63) is 53.3 Å². The molecular formula is C14H13ClN4O2. The monoisotopic (exact) mass is 304 g/mol. The second-order valence-electron chi connectivity index (χ2n) is 4.67. The van der Waals surface area contributed by atoms with Crippen molar-refractivity contribution < 1.29 is 9.53 Å². The summed E-state index contributed by atoms with van der Waals surface area (Å²) in [5.41, 5.74) is 1.11. The van der Waals surface area contributed by atoms with Crippen LogP contribution >= 0.6 is 11.6 Å². The van der Waals surface area contributed by atoms with Crippen LogP contribution in [0.15, 0.2) is 37.1 Å². The zero-order chi connectivity index (χ0) is 14.7. The predicted molar refractivity (Wildman–Crippen MR) is 75.8 cm³/mol. The van der Waals surface area contributed by atoms with Gasteiger partial charge in [-0.3, -0.25) is 9.78 Å². The molecule has 7 heteroatoms. The number of hydrogen-bond acceptors (Lipinski definition) is 5. The normalized spacial score (nSPS) is 21.2. The smallest absolute Gasteiger partial charge is 0.271 e. The van der Waals surface area contributed by atoms with Crippen LogP contribution in [0.4, 0.5) is 0 Å². The van der Waals surface area contributed by atoms with Crippen LogP contribution in [0.1, 0.15) is 28.6 Å². The number of aromatic nitrogens is 3. The van der Waals surface area contributed by atoms with Gasteiger partial charge in [-0.2, -0.15) is 0 Å². The number of nitrogens with one attached hydrogen (secondary N) is 1. The van der Waals surface area contributed by atoms with E-state index in [0.29, 0.717) is 6.61 Å². The highest BCUT2D eigenvalue weighted by molar-refractivity contribution is 6.33. The van der Waals surface area contributed by atoms with Crippen LogP contribution in [-0.4, -0.2) is 33.5 Å². The van der Waals surface area contributed by atoms with E-state index in [1.807, 2.05) is 12.1 Å². The third kappa shape index (κ3) is 3.01. The Kier molecular flexibility index (Phi) is 4.08. The van der Waals surface area contributed by atoms with Crippen LogP contribution in [0.5, 0.6) is 0 Å². The second kappa shape index (κ2) is 6.15. The van der Waals surface area contributed by atoms with Crippen LogP contribution in [-0.2, 0) is 4.74 Å². The molecular weight excluding hydrogens is 292 g/mol. The SMILES string of the molecule is O=C(N[C@H]1CCO[C@@H]1c1cccnc1)c1ncncc1Cl. The maximum absolute atomic E-state index is 12.2. The average molecular weight is 305 g/mol. The minimum absolute atomic E-state index is 0.132. The van der Waals surface area contributed by atoms with Gasteiger partial charge < -0.3 is 10.1 Å². The molecule has 1 amide bonds. The van der Waals surface area contributed by atoms with E-state index in [1.54, 1.807) is 12.4 Å². The van der Waals surface area contributed by atoms with Crippen molar-refractivity contribution in [2.75, 3.05) is 6.61 Å². The average Bonchev–Trinajstić information content (AvgIpc) is 2.96. The maximum Gasteiger partial charge on any atom is 0.271 e. The number of carbonyl (C=O) groups is 1. The second-order valence-corrected chi connectivity index (χ2v) is 5.07. The molecule has 0 aliphatic carbocycles. The number of amides is 1. The molecule has 2 atom stereocenters. The van der Waals surface area contributed by atoms with E-state index in [9.17, 15) is 4.79 Å². The molecule has 1 saturated heterocycles. The molecule has 21 heavy (non-hydrogen) atoms. The van der Waals surface area contributed by atoms with Gasteiger partial charge in [-0.1, -0.05) is 17.7 Å². The van der Waals surface area contributed by atoms with Gasteiger partial charge in [0.15, 0.2) is 0 Å². The molecule has 0 radical (unpaired) electrons. The fourth-order valence-electron chi connectivity index (χ4n) is 2.33. The first-order valence-corrected chi connectivity index (χ1v) is 6.91. The van der Waals surface area contributed by atoms with Crippen molar-refractivity contribution in [1.82, 2.24) is 20.3 Å². The number of carbonyl (C=O) groups excluding carboxylic acids is 1. The summed E-state index contributed by atoms with van der Waals surface area (Å²) in [4.78, 5) is 24.0. The lowest BCUT2D eigenvalue weighted by molar-refractivity contribution is 0.0817. The molecule has 0 spiro atoms. The number of hydrogen-bond donors (Lipinski definition) is 1. The van der Waals surface area contributed by atoms with Gasteiger partial charge in [0.1, 0.15) is 18.1 Å². The van der Waals surface area contributed by atoms with Crippen LogP contribution in [0, 0.1) is 0 Å². The summed E-state index contributed by atoms with van der Waals surface area (Å²) in [6.45, 7) is 0.585. The summed E-state index contributed by atoms with van der Waals surface area (Å²) in [5.74, 6) is -0.327. The van der Waals surface area contributed by atoms with Crippen LogP contribution in [0.3, 0.4) is 0 Å². The first kappa shape index (κ1) is 13.9. The van der Waals surface area contributed by atoms with Gasteiger partial charge in [0.05, 0.1) is 11.1 Å². The molecule has 2 aromatic rings. The Hall–Kier alpha value is -2.05. The van der Waals surface area contributed by atoms with E-state index < -0.39 is 0 Å². The van der Waals surface area contributed by atoms with Gasteiger partial charge in [-0.05, 0) is 12.5 Å². The quantitative estimate of drug-likeness (QED) is 0.935. The zero-order valence-corrected chi connectivity index (χ0v) is 11.8. The predicted octanol–water partition coefficient (Wildman–Crippen LogP) is 1.78. The van der Waals surface area contributed by atoms with Crippen LogP contribution in [0.25, 0.3) is 0 Å². The Morgan fingerprint density at radius 1 is 1.38 bits per heavy atom. The number of rotatable bonds is 3. The number of nitrogens with zero attached hydrogens (tertiary/aromatic N) is 3. The summed E-state index contributed by atoms with van der Waals surface area (Å²) in [6.07, 6.45) is 6.66. The Morgan fingerprint density at radius 2 is 2.29 bits per heavy atom. The zero-order valence-electron chi connectivity index (χ0n) is 11.1. The molecule has 1 aliphatic heterocycles. The lowest BCUT2D eigenvalue weighted by atomic mass is 10.0. The van der Waals surface area contributed by atoms with Crippen LogP contribution < -0.4 is 5.32 Å². The Morgan fingerprint density at radius 3 is 3.05 bits per heavy atom. The van der Waals surface area contributed by atoms with Gasteiger partial charge in [0, 0.05) is 30.8 Å². The molecule has 2 aromatic heterocycles. The molecule has 3 rings (SSSR count). The molecule has 1 N–H and O–H groups in total. The standard InChI is InChI=1S/C14H13ClN4O2/c15-10-7-17-8-18-12(10)14(20)19-11-3-5-21-13(11)9-2-1-4-16-6-9/h1-2,4,6-8,11,13H,3,5H2,(H,19,20)/t11-,13+/m0/s1. The Balaban J connectivity index is 1.75. The maximum atomic E-state index is 12.2. The summed E-state index contributed by atoms with van der Waals surface area (Å²) in [7, 11) is 0. The molecule has 1 aliphatic rings. The molecule has 0 bridgehead atoms. The molecule has 3 heterocycles. The lowest BCUT2D eigenvalue weighted by Crippen LogP contribution is -2.37. The van der Waals surface area contributed by atoms with E-state index in [0.717, 1.165) is 12.0 Å². The summed E-state index contributed by atoms with van der Waals surface area (Å²) >= 11 is 5.93. The molecule has 0 saturated carbocycles. The van der Waals surface area contributed by atoms with Gasteiger partial charge in [-0.25, -0.2) is 9.97 Å². The van der Waals surface area contributed by atoms with Crippen molar-refractivity contribution >= 4 is 17.5 Å². The highest BCUT2D eigenvalue weighted by Gasteiger charge is 2.31. The van der Waals surface area contributed by atoms with E-state index in [4.69, 9.17) is 16.3 Å². The van der Waals surface area contributed by atoms with Crippen molar-refractivity contribution in [3.63, 3.8) is 0 Å². The third-order valence-corrected chi connectivity index (χ3v) is 3.58. The van der Waals surface area contributed by atoms with Gasteiger partial charge in [-0.15, -0.1) is 0 Å². The minimum atomic E-state index is -0.327. The highest BCUT2D eigenvalue weighted by atomic mass is 35.5. The molecule has 1 fully saturated rings. The molecule has 108 valence electrons. The highest BCUT2D eigenvalue weighted by Crippen LogP contribution is 2.28. The number of halogens is 1. The third-order valence-electron chi connectivity index (χ3n) is 3.30. The topological polar surface area (TPSA) is 77.0 Å². The summed E-state index contributed by atoms with van der Waals surface area (Å²) in [6, 6.07) is 3.64.